The lowest BCUT2D eigenvalue weighted by molar-refractivity contribution is 0.590. The van der Waals surface area contributed by atoms with E-state index >= 15 is 4.39 Å². The van der Waals surface area contributed by atoms with Gasteiger partial charge in [0.05, 0.1) is 0 Å². The molecule has 0 radical (unpaired) electrons. The van der Waals surface area contributed by atoms with E-state index in [4.69, 9.17) is 15.0 Å². The number of nitrogens with zero attached hydrogens (tertiary/aromatic N) is 3. The van der Waals surface area contributed by atoms with Gasteiger partial charge in [-0.1, -0.05) is 136 Å². The summed E-state index contributed by atoms with van der Waals surface area (Å²) in [5.41, 5.74) is 6.28. The van der Waals surface area contributed by atoms with Gasteiger partial charge in [0.15, 0.2) is 17.5 Å². The number of hydrogen-bond donors (Lipinski definition) is 0. The van der Waals surface area contributed by atoms with Gasteiger partial charge in [-0.25, -0.2) is 19.3 Å². The molecule has 0 aliphatic rings. The maximum absolute atomic E-state index is 16.3. The van der Waals surface area contributed by atoms with Crippen LogP contribution in [-0.4, -0.2) is 15.0 Å². The van der Waals surface area contributed by atoms with Gasteiger partial charge in [-0.15, -0.1) is 0 Å². The molecule has 200 valence electrons. The maximum Gasteiger partial charge on any atom is 0.164 e. The van der Waals surface area contributed by atoms with Gasteiger partial charge >= 0.3 is 0 Å². The van der Waals surface area contributed by atoms with Crippen molar-refractivity contribution in [3.63, 3.8) is 0 Å². The Bertz CT molecular complexity index is 1730. The number of hydrogen-bond acceptors (Lipinski definition) is 3. The van der Waals surface area contributed by atoms with E-state index < -0.39 is 0 Å². The van der Waals surface area contributed by atoms with Crippen molar-refractivity contribution in [2.75, 3.05) is 0 Å². The largest absolute Gasteiger partial charge is 0.208 e. The molecule has 4 heteroatoms. The quantitative estimate of drug-likeness (QED) is 0.221. The average Bonchev–Trinajstić information content (AvgIpc) is 3.02. The first-order chi connectivity index (χ1) is 19.9. The van der Waals surface area contributed by atoms with Crippen LogP contribution < -0.4 is 0 Å². The standard InChI is InChI=1S/C37H30FN3/c1-37(2,3)30-21-19-26(20-22-30)32-24-29(23-31(33(32)38)25-13-7-4-8-14-25)36-40-34(27-15-9-5-10-16-27)39-35(41-36)28-17-11-6-12-18-28/h4-24H,1-3H3. The highest BCUT2D eigenvalue weighted by atomic mass is 19.1. The molecular weight excluding hydrogens is 505 g/mol. The Kier molecular flexibility index (Phi) is 6.98. The Balaban J connectivity index is 1.58. The van der Waals surface area contributed by atoms with Gasteiger partial charge in [0.2, 0.25) is 0 Å². The van der Waals surface area contributed by atoms with Crippen LogP contribution >= 0.6 is 0 Å². The summed E-state index contributed by atoms with van der Waals surface area (Å²) in [6, 6.07) is 41.2. The Morgan fingerprint density at radius 2 is 0.805 bits per heavy atom. The molecule has 0 N–H and O–H groups in total. The molecular formula is C37H30FN3. The molecule has 0 saturated carbocycles. The molecule has 0 amide bonds. The zero-order valence-corrected chi connectivity index (χ0v) is 23.3. The monoisotopic (exact) mass is 535 g/mol. The first-order valence-corrected chi connectivity index (χ1v) is 13.7. The summed E-state index contributed by atoms with van der Waals surface area (Å²) < 4.78 is 16.3. The molecule has 1 aromatic heterocycles. The minimum atomic E-state index is -0.274. The third-order valence-corrected chi connectivity index (χ3v) is 7.18. The van der Waals surface area contributed by atoms with Gasteiger partial charge in [-0.3, -0.25) is 0 Å². The summed E-state index contributed by atoms with van der Waals surface area (Å²) in [6.07, 6.45) is 0. The molecule has 41 heavy (non-hydrogen) atoms. The number of rotatable bonds is 5. The zero-order valence-electron chi connectivity index (χ0n) is 23.3. The minimum absolute atomic E-state index is 0.000673. The van der Waals surface area contributed by atoms with Crippen LogP contribution in [0.15, 0.2) is 127 Å². The van der Waals surface area contributed by atoms with E-state index in [-0.39, 0.29) is 11.2 Å². The Labute approximate surface area is 240 Å². The second kappa shape index (κ2) is 10.9. The molecule has 6 rings (SSSR count). The zero-order chi connectivity index (χ0) is 28.4. The van der Waals surface area contributed by atoms with Crippen LogP contribution in [0.3, 0.4) is 0 Å². The highest BCUT2D eigenvalue weighted by Crippen LogP contribution is 2.37. The normalized spacial score (nSPS) is 11.4. The minimum Gasteiger partial charge on any atom is -0.208 e. The molecule has 0 saturated heterocycles. The van der Waals surface area contributed by atoms with Crippen molar-refractivity contribution in [3.8, 4) is 56.4 Å². The van der Waals surface area contributed by atoms with Crippen molar-refractivity contribution in [1.82, 2.24) is 15.0 Å². The summed E-state index contributed by atoms with van der Waals surface area (Å²) in [5.74, 6) is 1.35. The summed E-state index contributed by atoms with van der Waals surface area (Å²) in [5, 5.41) is 0. The number of halogens is 1. The molecule has 3 nitrogen and oxygen atoms in total. The summed E-state index contributed by atoms with van der Waals surface area (Å²) in [4.78, 5) is 14.6. The fourth-order valence-electron chi connectivity index (χ4n) is 4.88. The van der Waals surface area contributed by atoms with E-state index in [1.54, 1.807) is 0 Å². The second-order valence-corrected chi connectivity index (χ2v) is 11.1. The van der Waals surface area contributed by atoms with Gasteiger partial charge in [0.1, 0.15) is 5.82 Å². The molecule has 0 fully saturated rings. The van der Waals surface area contributed by atoms with E-state index in [9.17, 15) is 0 Å². The van der Waals surface area contributed by atoms with E-state index in [1.165, 1.54) is 5.56 Å². The van der Waals surface area contributed by atoms with E-state index in [0.29, 0.717) is 28.6 Å². The van der Waals surface area contributed by atoms with Gasteiger partial charge < -0.3 is 0 Å². The van der Waals surface area contributed by atoms with Crippen molar-refractivity contribution in [2.24, 2.45) is 0 Å². The van der Waals surface area contributed by atoms with Crippen LogP contribution in [0.25, 0.3) is 56.4 Å². The van der Waals surface area contributed by atoms with Crippen LogP contribution in [-0.2, 0) is 5.41 Å². The molecule has 6 aromatic rings. The lowest BCUT2D eigenvalue weighted by Gasteiger charge is -2.19. The van der Waals surface area contributed by atoms with E-state index in [2.05, 4.69) is 32.9 Å². The van der Waals surface area contributed by atoms with Crippen LogP contribution in [0.5, 0.6) is 0 Å². The molecule has 0 unspecified atom stereocenters. The fourth-order valence-corrected chi connectivity index (χ4v) is 4.88. The van der Waals surface area contributed by atoms with E-state index in [0.717, 1.165) is 27.8 Å². The maximum atomic E-state index is 16.3. The van der Waals surface area contributed by atoms with Crippen LogP contribution in [0, 0.1) is 5.82 Å². The molecule has 1 heterocycles. The van der Waals surface area contributed by atoms with Gasteiger partial charge in [-0.2, -0.15) is 0 Å². The highest BCUT2D eigenvalue weighted by Gasteiger charge is 2.19. The third kappa shape index (κ3) is 5.55. The van der Waals surface area contributed by atoms with Crippen molar-refractivity contribution < 1.29 is 4.39 Å². The van der Waals surface area contributed by atoms with Crippen molar-refractivity contribution >= 4 is 0 Å². The lowest BCUT2D eigenvalue weighted by atomic mass is 9.86. The SMILES string of the molecule is CC(C)(C)c1ccc(-c2cc(-c3nc(-c4ccccc4)nc(-c4ccccc4)n3)cc(-c3ccccc3)c2F)cc1. The number of aromatic nitrogens is 3. The molecule has 0 aliphatic heterocycles. The molecule has 0 spiro atoms. The van der Waals surface area contributed by atoms with Crippen molar-refractivity contribution in [3.05, 3.63) is 139 Å². The Hall–Kier alpha value is -4.96. The second-order valence-electron chi connectivity index (χ2n) is 11.1. The predicted molar refractivity (Wildman–Crippen MR) is 166 cm³/mol. The van der Waals surface area contributed by atoms with Crippen molar-refractivity contribution in [1.29, 1.82) is 0 Å². The van der Waals surface area contributed by atoms with Crippen molar-refractivity contribution in [2.45, 2.75) is 26.2 Å². The predicted octanol–water partition coefficient (Wildman–Crippen LogP) is 9.64. The average molecular weight is 536 g/mol. The first-order valence-electron chi connectivity index (χ1n) is 13.7. The fraction of sp³-hybridized carbons (Fsp3) is 0.108. The van der Waals surface area contributed by atoms with E-state index in [1.807, 2.05) is 115 Å². The Morgan fingerprint density at radius 1 is 0.439 bits per heavy atom. The molecule has 0 bridgehead atoms. The van der Waals surface area contributed by atoms with Gasteiger partial charge in [0, 0.05) is 27.8 Å². The lowest BCUT2D eigenvalue weighted by Crippen LogP contribution is -2.10. The molecule has 0 atom stereocenters. The molecule has 0 aliphatic carbocycles. The number of benzene rings is 5. The smallest absolute Gasteiger partial charge is 0.164 e. The topological polar surface area (TPSA) is 38.7 Å². The van der Waals surface area contributed by atoms with Gasteiger partial charge in [0.25, 0.3) is 0 Å². The highest BCUT2D eigenvalue weighted by molar-refractivity contribution is 5.81. The Morgan fingerprint density at radius 3 is 1.22 bits per heavy atom. The van der Waals surface area contributed by atoms with Gasteiger partial charge in [-0.05, 0) is 34.2 Å². The summed E-state index contributed by atoms with van der Waals surface area (Å²) in [6.45, 7) is 6.52. The third-order valence-electron chi connectivity index (χ3n) is 7.18. The first kappa shape index (κ1) is 26.3. The summed E-state index contributed by atoms with van der Waals surface area (Å²) in [7, 11) is 0. The van der Waals surface area contributed by atoms with Crippen LogP contribution in [0.2, 0.25) is 0 Å². The van der Waals surface area contributed by atoms with Crippen LogP contribution in [0.4, 0.5) is 4.39 Å². The van der Waals surface area contributed by atoms with Crippen LogP contribution in [0.1, 0.15) is 26.3 Å². The molecule has 5 aromatic carbocycles. The summed E-state index contributed by atoms with van der Waals surface area (Å²) >= 11 is 0.